The van der Waals surface area contributed by atoms with Crippen LogP contribution in [0.3, 0.4) is 0 Å². The Balaban J connectivity index is 1.84. The van der Waals surface area contributed by atoms with E-state index in [-0.39, 0.29) is 16.5 Å². The highest BCUT2D eigenvalue weighted by Gasteiger charge is 2.37. The standard InChI is InChI=1S/C14H18ClFN2O2/c1-20-9-14(5-2-6-14)8-17-13(19)18-10-3-4-12(16)11(15)7-10/h3-4,7H,2,5-6,8-9H2,1H3,(H2,17,18,19). The number of carbonyl (C=O) groups excluding carboxylic acids is 1. The van der Waals surface area contributed by atoms with E-state index in [0.717, 1.165) is 12.8 Å². The number of halogens is 2. The largest absolute Gasteiger partial charge is 0.384 e. The molecule has 2 N–H and O–H groups in total. The van der Waals surface area contributed by atoms with Gasteiger partial charge in [0.25, 0.3) is 0 Å². The summed E-state index contributed by atoms with van der Waals surface area (Å²) >= 11 is 5.66. The van der Waals surface area contributed by atoms with E-state index >= 15 is 0 Å². The van der Waals surface area contributed by atoms with E-state index in [1.165, 1.54) is 24.6 Å². The first kappa shape index (κ1) is 15.1. The number of hydrogen-bond donors (Lipinski definition) is 2. The molecule has 0 aromatic heterocycles. The number of benzene rings is 1. The van der Waals surface area contributed by atoms with Crippen LogP contribution in [0.1, 0.15) is 19.3 Å². The van der Waals surface area contributed by atoms with Gasteiger partial charge in [-0.1, -0.05) is 18.0 Å². The molecule has 0 heterocycles. The molecule has 0 spiro atoms. The maximum absolute atomic E-state index is 13.0. The fourth-order valence-corrected chi connectivity index (χ4v) is 2.55. The number of carbonyl (C=O) groups is 1. The summed E-state index contributed by atoms with van der Waals surface area (Å²) in [5, 5.41) is 5.44. The lowest BCUT2D eigenvalue weighted by Gasteiger charge is -2.41. The molecule has 6 heteroatoms. The van der Waals surface area contributed by atoms with Gasteiger partial charge < -0.3 is 15.4 Å². The van der Waals surface area contributed by atoms with Crippen LogP contribution in [0.2, 0.25) is 5.02 Å². The number of rotatable bonds is 5. The summed E-state index contributed by atoms with van der Waals surface area (Å²) in [6.45, 7) is 1.22. The van der Waals surface area contributed by atoms with Crippen LogP contribution in [-0.4, -0.2) is 26.3 Å². The third kappa shape index (κ3) is 3.61. The van der Waals surface area contributed by atoms with Gasteiger partial charge in [0.2, 0.25) is 0 Å². The number of nitrogens with one attached hydrogen (secondary N) is 2. The van der Waals surface area contributed by atoms with Gasteiger partial charge in [0, 0.05) is 24.8 Å². The van der Waals surface area contributed by atoms with Crippen molar-refractivity contribution in [3.63, 3.8) is 0 Å². The normalized spacial score (nSPS) is 16.4. The number of ether oxygens (including phenoxy) is 1. The molecule has 1 aliphatic carbocycles. The van der Waals surface area contributed by atoms with E-state index < -0.39 is 5.82 Å². The Morgan fingerprint density at radius 2 is 2.25 bits per heavy atom. The third-order valence-corrected chi connectivity index (χ3v) is 3.96. The van der Waals surface area contributed by atoms with Crippen molar-refractivity contribution in [2.24, 2.45) is 5.41 Å². The molecule has 0 unspecified atom stereocenters. The van der Waals surface area contributed by atoms with Crippen LogP contribution in [0.15, 0.2) is 18.2 Å². The van der Waals surface area contributed by atoms with Crippen molar-refractivity contribution in [2.75, 3.05) is 25.6 Å². The van der Waals surface area contributed by atoms with E-state index in [0.29, 0.717) is 18.8 Å². The molecule has 20 heavy (non-hydrogen) atoms. The van der Waals surface area contributed by atoms with Crippen molar-refractivity contribution in [1.82, 2.24) is 5.32 Å². The molecule has 2 amide bonds. The first-order chi connectivity index (χ1) is 9.54. The minimum atomic E-state index is -0.508. The second-order valence-electron chi connectivity index (χ2n) is 5.22. The first-order valence-electron chi connectivity index (χ1n) is 6.53. The van der Waals surface area contributed by atoms with Crippen LogP contribution in [-0.2, 0) is 4.74 Å². The molecule has 0 bridgehead atoms. The number of methoxy groups -OCH3 is 1. The monoisotopic (exact) mass is 300 g/mol. The highest BCUT2D eigenvalue weighted by molar-refractivity contribution is 6.31. The third-order valence-electron chi connectivity index (χ3n) is 3.67. The fraction of sp³-hybridized carbons (Fsp3) is 0.500. The van der Waals surface area contributed by atoms with Gasteiger partial charge in [-0.2, -0.15) is 0 Å². The molecule has 0 aliphatic heterocycles. The lowest BCUT2D eigenvalue weighted by molar-refractivity contribution is 0.0203. The maximum Gasteiger partial charge on any atom is 0.319 e. The van der Waals surface area contributed by atoms with Gasteiger partial charge >= 0.3 is 6.03 Å². The summed E-state index contributed by atoms with van der Waals surface area (Å²) in [6, 6.07) is 3.74. The molecule has 0 radical (unpaired) electrons. The van der Waals surface area contributed by atoms with Crippen molar-refractivity contribution in [3.8, 4) is 0 Å². The average molecular weight is 301 g/mol. The summed E-state index contributed by atoms with van der Waals surface area (Å²) in [4.78, 5) is 11.8. The molecule has 1 saturated carbocycles. The van der Waals surface area contributed by atoms with Gasteiger partial charge in [-0.25, -0.2) is 9.18 Å². The van der Waals surface area contributed by atoms with Gasteiger partial charge in [0.15, 0.2) is 0 Å². The molecule has 1 fully saturated rings. The van der Waals surface area contributed by atoms with E-state index in [4.69, 9.17) is 16.3 Å². The van der Waals surface area contributed by atoms with Crippen LogP contribution in [0.4, 0.5) is 14.9 Å². The Bertz CT molecular complexity index is 492. The average Bonchev–Trinajstić information content (AvgIpc) is 2.37. The number of hydrogen-bond acceptors (Lipinski definition) is 2. The zero-order chi connectivity index (χ0) is 14.6. The van der Waals surface area contributed by atoms with Gasteiger partial charge in [0.05, 0.1) is 11.6 Å². The molecule has 1 aromatic rings. The Kier molecular flexibility index (Phi) is 4.83. The van der Waals surface area contributed by atoms with E-state index in [1.807, 2.05) is 0 Å². The fourth-order valence-electron chi connectivity index (χ4n) is 2.37. The smallest absolute Gasteiger partial charge is 0.319 e. The topological polar surface area (TPSA) is 50.4 Å². The van der Waals surface area contributed by atoms with Crippen molar-refractivity contribution >= 4 is 23.3 Å². The maximum atomic E-state index is 13.0. The Morgan fingerprint density at radius 1 is 1.50 bits per heavy atom. The molecule has 2 rings (SSSR count). The minimum absolute atomic E-state index is 0.0161. The van der Waals surface area contributed by atoms with Crippen molar-refractivity contribution in [2.45, 2.75) is 19.3 Å². The van der Waals surface area contributed by atoms with Crippen LogP contribution in [0, 0.1) is 11.2 Å². The predicted molar refractivity (Wildman–Crippen MR) is 76.6 cm³/mol. The molecule has 1 aliphatic rings. The molecule has 4 nitrogen and oxygen atoms in total. The second-order valence-corrected chi connectivity index (χ2v) is 5.63. The zero-order valence-electron chi connectivity index (χ0n) is 11.3. The molecular formula is C14H18ClFN2O2. The van der Waals surface area contributed by atoms with Crippen LogP contribution in [0.5, 0.6) is 0 Å². The van der Waals surface area contributed by atoms with Crippen molar-refractivity contribution < 1.29 is 13.9 Å². The number of anilines is 1. The Morgan fingerprint density at radius 3 is 2.80 bits per heavy atom. The second kappa shape index (κ2) is 6.41. The first-order valence-corrected chi connectivity index (χ1v) is 6.91. The Labute approximate surface area is 122 Å². The summed E-state index contributed by atoms with van der Waals surface area (Å²) in [6.07, 6.45) is 3.28. The number of amides is 2. The van der Waals surface area contributed by atoms with Crippen molar-refractivity contribution in [3.05, 3.63) is 29.0 Å². The highest BCUT2D eigenvalue weighted by Crippen LogP contribution is 2.40. The van der Waals surface area contributed by atoms with E-state index in [2.05, 4.69) is 10.6 Å². The molecular weight excluding hydrogens is 283 g/mol. The molecule has 0 atom stereocenters. The summed E-state index contributed by atoms with van der Waals surface area (Å²) in [5.74, 6) is -0.508. The van der Waals surface area contributed by atoms with Gasteiger partial charge in [-0.3, -0.25) is 0 Å². The van der Waals surface area contributed by atoms with E-state index in [9.17, 15) is 9.18 Å². The van der Waals surface area contributed by atoms with Crippen molar-refractivity contribution in [1.29, 1.82) is 0 Å². The Hall–Kier alpha value is -1.33. The highest BCUT2D eigenvalue weighted by atomic mass is 35.5. The van der Waals surface area contributed by atoms with Crippen LogP contribution >= 0.6 is 11.6 Å². The minimum Gasteiger partial charge on any atom is -0.384 e. The van der Waals surface area contributed by atoms with Crippen LogP contribution < -0.4 is 10.6 Å². The molecule has 110 valence electrons. The lowest BCUT2D eigenvalue weighted by atomic mass is 9.69. The summed E-state index contributed by atoms with van der Waals surface area (Å²) in [5.41, 5.74) is 0.523. The van der Waals surface area contributed by atoms with Crippen LogP contribution in [0.25, 0.3) is 0 Å². The predicted octanol–water partition coefficient (Wildman–Crippen LogP) is 3.42. The lowest BCUT2D eigenvalue weighted by Crippen LogP contribution is -2.46. The molecule has 0 saturated heterocycles. The van der Waals surface area contributed by atoms with Gasteiger partial charge in [-0.15, -0.1) is 0 Å². The van der Waals surface area contributed by atoms with E-state index in [1.54, 1.807) is 7.11 Å². The zero-order valence-corrected chi connectivity index (χ0v) is 12.1. The molecule has 1 aromatic carbocycles. The summed E-state index contributed by atoms with van der Waals surface area (Å²) in [7, 11) is 1.67. The van der Waals surface area contributed by atoms with Gasteiger partial charge in [-0.05, 0) is 31.0 Å². The summed E-state index contributed by atoms with van der Waals surface area (Å²) < 4.78 is 18.2. The van der Waals surface area contributed by atoms with Gasteiger partial charge in [0.1, 0.15) is 5.82 Å². The SMILES string of the molecule is COCC1(CNC(=O)Nc2ccc(F)c(Cl)c2)CCC1. The quantitative estimate of drug-likeness (QED) is 0.875. The number of urea groups is 1.